The molecule has 170 valence electrons. The van der Waals surface area contributed by atoms with Crippen LogP contribution in [0.4, 0.5) is 4.39 Å². The fraction of sp³-hybridized carbons (Fsp3) is 0.192. The predicted molar refractivity (Wildman–Crippen MR) is 121 cm³/mol. The van der Waals surface area contributed by atoms with E-state index in [1.807, 2.05) is 60.7 Å². The van der Waals surface area contributed by atoms with Crippen LogP contribution in [0, 0.1) is 5.82 Å². The first-order valence-electron chi connectivity index (χ1n) is 10.5. The number of rotatable bonds is 9. The van der Waals surface area contributed by atoms with E-state index in [4.69, 9.17) is 4.74 Å². The zero-order valence-electron chi connectivity index (χ0n) is 18.2. The van der Waals surface area contributed by atoms with Gasteiger partial charge in [0.15, 0.2) is 6.10 Å². The standard InChI is InChI=1S/C26H25FN2O4/c1-19(33-24(30)16-28-25(31)22-14-8-9-15-23(22)27)26(32)29(17-20-10-4-2-5-11-20)18-21-12-6-3-7-13-21/h2-15,19H,16-18H2,1H3,(H,28,31). The topological polar surface area (TPSA) is 75.7 Å². The van der Waals surface area contributed by atoms with E-state index in [0.717, 1.165) is 17.2 Å². The van der Waals surface area contributed by atoms with Gasteiger partial charge >= 0.3 is 5.97 Å². The van der Waals surface area contributed by atoms with E-state index in [1.165, 1.54) is 25.1 Å². The van der Waals surface area contributed by atoms with E-state index < -0.39 is 30.3 Å². The van der Waals surface area contributed by atoms with Crippen molar-refractivity contribution in [2.75, 3.05) is 6.54 Å². The molecule has 0 heterocycles. The van der Waals surface area contributed by atoms with Crippen molar-refractivity contribution in [3.05, 3.63) is 107 Å². The van der Waals surface area contributed by atoms with Crippen molar-refractivity contribution in [2.24, 2.45) is 0 Å². The number of carbonyl (C=O) groups is 3. The van der Waals surface area contributed by atoms with Gasteiger partial charge in [-0.2, -0.15) is 0 Å². The number of benzene rings is 3. The van der Waals surface area contributed by atoms with Gasteiger partial charge in [-0.05, 0) is 30.2 Å². The van der Waals surface area contributed by atoms with Crippen LogP contribution in [0.1, 0.15) is 28.4 Å². The first kappa shape index (κ1) is 23.7. The largest absolute Gasteiger partial charge is 0.451 e. The molecule has 0 bridgehead atoms. The normalized spacial score (nSPS) is 11.3. The zero-order valence-corrected chi connectivity index (χ0v) is 18.2. The lowest BCUT2D eigenvalue weighted by molar-refractivity contribution is -0.158. The summed E-state index contributed by atoms with van der Waals surface area (Å²) in [5.74, 6) is -2.58. The summed E-state index contributed by atoms with van der Waals surface area (Å²) >= 11 is 0. The number of hydrogen-bond acceptors (Lipinski definition) is 4. The van der Waals surface area contributed by atoms with Gasteiger partial charge in [0.2, 0.25) is 0 Å². The molecule has 33 heavy (non-hydrogen) atoms. The number of hydrogen-bond donors (Lipinski definition) is 1. The summed E-state index contributed by atoms with van der Waals surface area (Å²) in [6.07, 6.45) is -1.06. The first-order valence-corrected chi connectivity index (χ1v) is 10.5. The molecule has 0 fully saturated rings. The zero-order chi connectivity index (χ0) is 23.6. The van der Waals surface area contributed by atoms with Crippen LogP contribution in [-0.4, -0.2) is 35.3 Å². The van der Waals surface area contributed by atoms with Crippen LogP contribution in [0.3, 0.4) is 0 Å². The molecule has 0 spiro atoms. The van der Waals surface area contributed by atoms with E-state index in [-0.39, 0.29) is 11.5 Å². The third-order valence-corrected chi connectivity index (χ3v) is 4.91. The van der Waals surface area contributed by atoms with Crippen LogP contribution >= 0.6 is 0 Å². The number of nitrogens with zero attached hydrogens (tertiary/aromatic N) is 1. The average molecular weight is 448 g/mol. The fourth-order valence-corrected chi connectivity index (χ4v) is 3.26. The van der Waals surface area contributed by atoms with Crippen molar-refractivity contribution >= 4 is 17.8 Å². The van der Waals surface area contributed by atoms with E-state index in [0.29, 0.717) is 13.1 Å². The minimum atomic E-state index is -1.06. The number of ether oxygens (including phenoxy) is 1. The first-order chi connectivity index (χ1) is 15.9. The molecule has 1 unspecified atom stereocenters. The molecule has 3 aromatic rings. The second-order valence-corrected chi connectivity index (χ2v) is 7.46. The Hall–Kier alpha value is -4.00. The van der Waals surface area contributed by atoms with Gasteiger partial charge in [0.05, 0.1) is 5.56 Å². The Kier molecular flexibility index (Phi) is 8.30. The highest BCUT2D eigenvalue weighted by Crippen LogP contribution is 2.13. The molecular weight excluding hydrogens is 423 g/mol. The van der Waals surface area contributed by atoms with Gasteiger partial charge in [-0.3, -0.25) is 14.4 Å². The maximum atomic E-state index is 13.7. The molecule has 7 heteroatoms. The van der Waals surface area contributed by atoms with E-state index in [9.17, 15) is 18.8 Å². The molecule has 0 saturated heterocycles. The number of amides is 2. The van der Waals surface area contributed by atoms with Crippen LogP contribution in [0.2, 0.25) is 0 Å². The second-order valence-electron chi connectivity index (χ2n) is 7.46. The van der Waals surface area contributed by atoms with Crippen molar-refractivity contribution in [2.45, 2.75) is 26.1 Å². The molecule has 0 aliphatic heterocycles. The lowest BCUT2D eigenvalue weighted by Crippen LogP contribution is -2.41. The summed E-state index contributed by atoms with van der Waals surface area (Å²) in [5, 5.41) is 2.31. The minimum Gasteiger partial charge on any atom is -0.451 e. The SMILES string of the molecule is CC(OC(=O)CNC(=O)c1ccccc1F)C(=O)N(Cc1ccccc1)Cc1ccccc1. The fourth-order valence-electron chi connectivity index (χ4n) is 3.26. The van der Waals surface area contributed by atoms with Crippen LogP contribution in [-0.2, 0) is 27.4 Å². The molecule has 1 atom stereocenters. The molecule has 0 aliphatic carbocycles. The van der Waals surface area contributed by atoms with Gasteiger partial charge in [0.25, 0.3) is 11.8 Å². The molecular formula is C26H25FN2O4. The van der Waals surface area contributed by atoms with E-state index in [1.54, 1.807) is 4.90 Å². The average Bonchev–Trinajstić information content (AvgIpc) is 2.83. The van der Waals surface area contributed by atoms with Crippen LogP contribution in [0.15, 0.2) is 84.9 Å². The Balaban J connectivity index is 1.60. The Labute approximate surface area is 192 Å². The summed E-state index contributed by atoms with van der Waals surface area (Å²) in [6, 6.07) is 24.5. The maximum absolute atomic E-state index is 13.7. The molecule has 6 nitrogen and oxygen atoms in total. The van der Waals surface area contributed by atoms with Gasteiger partial charge in [-0.25, -0.2) is 4.39 Å². The lowest BCUT2D eigenvalue weighted by Gasteiger charge is -2.26. The highest BCUT2D eigenvalue weighted by Gasteiger charge is 2.25. The third-order valence-electron chi connectivity index (χ3n) is 4.91. The number of nitrogens with one attached hydrogen (secondary N) is 1. The Morgan fingerprint density at radius 2 is 1.36 bits per heavy atom. The van der Waals surface area contributed by atoms with Gasteiger partial charge in [0, 0.05) is 13.1 Å². The Bertz CT molecular complexity index is 1050. The van der Waals surface area contributed by atoms with E-state index in [2.05, 4.69) is 5.32 Å². The smallest absolute Gasteiger partial charge is 0.326 e. The third kappa shape index (κ3) is 7.00. The van der Waals surface area contributed by atoms with E-state index >= 15 is 0 Å². The molecule has 0 saturated carbocycles. The molecule has 0 aromatic heterocycles. The summed E-state index contributed by atoms with van der Waals surface area (Å²) in [6.45, 7) is 1.70. The highest BCUT2D eigenvalue weighted by atomic mass is 19.1. The molecule has 1 N–H and O–H groups in total. The quantitative estimate of drug-likeness (QED) is 0.507. The van der Waals surface area contributed by atoms with Crippen molar-refractivity contribution in [3.63, 3.8) is 0 Å². The Morgan fingerprint density at radius 3 is 1.91 bits per heavy atom. The van der Waals surface area contributed by atoms with Gasteiger partial charge < -0.3 is 15.0 Å². The predicted octanol–water partition coefficient (Wildman–Crippen LogP) is 3.72. The van der Waals surface area contributed by atoms with Crippen molar-refractivity contribution in [1.29, 1.82) is 0 Å². The highest BCUT2D eigenvalue weighted by molar-refractivity contribution is 5.96. The molecule has 3 rings (SSSR count). The second kappa shape index (κ2) is 11.6. The lowest BCUT2D eigenvalue weighted by atomic mass is 10.1. The number of halogens is 1. The molecule has 2 amide bonds. The van der Waals surface area contributed by atoms with Gasteiger partial charge in [-0.1, -0.05) is 72.8 Å². The summed E-state index contributed by atoms with van der Waals surface area (Å²) in [4.78, 5) is 39.0. The summed E-state index contributed by atoms with van der Waals surface area (Å²) < 4.78 is 18.9. The van der Waals surface area contributed by atoms with Crippen LogP contribution in [0.5, 0.6) is 0 Å². The van der Waals surface area contributed by atoms with Gasteiger partial charge in [-0.15, -0.1) is 0 Å². The summed E-state index contributed by atoms with van der Waals surface area (Å²) in [7, 11) is 0. The molecule has 3 aromatic carbocycles. The molecule has 0 aliphatic rings. The van der Waals surface area contributed by atoms with Crippen LogP contribution in [0.25, 0.3) is 0 Å². The summed E-state index contributed by atoms with van der Waals surface area (Å²) in [5.41, 5.74) is 1.71. The number of esters is 1. The molecule has 0 radical (unpaired) electrons. The van der Waals surface area contributed by atoms with Gasteiger partial charge in [0.1, 0.15) is 12.4 Å². The minimum absolute atomic E-state index is 0.175. The number of carbonyl (C=O) groups excluding carboxylic acids is 3. The maximum Gasteiger partial charge on any atom is 0.326 e. The monoisotopic (exact) mass is 448 g/mol. The van der Waals surface area contributed by atoms with Crippen LogP contribution < -0.4 is 5.32 Å². The van der Waals surface area contributed by atoms with Crippen molar-refractivity contribution < 1.29 is 23.5 Å². The Morgan fingerprint density at radius 1 is 0.848 bits per heavy atom. The van der Waals surface area contributed by atoms with Crippen molar-refractivity contribution in [3.8, 4) is 0 Å². The van der Waals surface area contributed by atoms with Crippen molar-refractivity contribution in [1.82, 2.24) is 10.2 Å².